The Hall–Kier alpha value is -1.63. The van der Waals surface area contributed by atoms with Gasteiger partial charge in [-0.15, -0.1) is 11.3 Å². The summed E-state index contributed by atoms with van der Waals surface area (Å²) >= 11 is 7.63. The number of benzene rings is 1. The predicted molar refractivity (Wildman–Crippen MR) is 87.7 cm³/mol. The van der Waals surface area contributed by atoms with E-state index in [9.17, 15) is 4.79 Å². The standard InChI is InChI=1S/C14H17ClN4OS/c1-9-17-11(8-21-9)6-19(2)7-14(20)18-13-4-3-10(16)5-12(13)15/h3-5,8H,6-7,16H2,1-2H3,(H,18,20). The molecule has 0 spiro atoms. The summed E-state index contributed by atoms with van der Waals surface area (Å²) in [5.74, 6) is -0.129. The molecule has 0 unspecified atom stereocenters. The van der Waals surface area contributed by atoms with Crippen molar-refractivity contribution < 1.29 is 4.79 Å². The number of nitrogen functional groups attached to an aromatic ring is 1. The maximum atomic E-state index is 12.0. The van der Waals surface area contributed by atoms with Crippen molar-refractivity contribution in [1.82, 2.24) is 9.88 Å². The summed E-state index contributed by atoms with van der Waals surface area (Å²) < 4.78 is 0. The third-order valence-corrected chi connectivity index (χ3v) is 3.91. The number of anilines is 2. The average Bonchev–Trinajstić information content (AvgIpc) is 2.78. The molecule has 2 aromatic rings. The number of amides is 1. The van der Waals surface area contributed by atoms with Gasteiger partial charge < -0.3 is 11.1 Å². The number of nitrogens with one attached hydrogen (secondary N) is 1. The number of halogens is 1. The molecule has 0 aliphatic rings. The summed E-state index contributed by atoms with van der Waals surface area (Å²) in [6.07, 6.45) is 0. The second kappa shape index (κ2) is 6.89. The third kappa shape index (κ3) is 4.70. The number of rotatable bonds is 5. The van der Waals surface area contributed by atoms with E-state index >= 15 is 0 Å². The van der Waals surface area contributed by atoms with Crippen molar-refractivity contribution >= 4 is 40.2 Å². The molecule has 1 amide bonds. The number of nitrogens with two attached hydrogens (primary N) is 1. The minimum absolute atomic E-state index is 0.129. The highest BCUT2D eigenvalue weighted by atomic mass is 35.5. The summed E-state index contributed by atoms with van der Waals surface area (Å²) in [5, 5.41) is 6.23. The van der Waals surface area contributed by atoms with Crippen LogP contribution < -0.4 is 11.1 Å². The number of likely N-dealkylation sites (N-methyl/N-ethyl adjacent to an activating group) is 1. The topological polar surface area (TPSA) is 71.2 Å². The Labute approximate surface area is 132 Å². The van der Waals surface area contributed by atoms with E-state index in [0.717, 1.165) is 10.7 Å². The molecule has 2 rings (SSSR count). The van der Waals surface area contributed by atoms with Crippen LogP contribution in [0.15, 0.2) is 23.6 Å². The van der Waals surface area contributed by atoms with Gasteiger partial charge in [-0.25, -0.2) is 4.98 Å². The monoisotopic (exact) mass is 324 g/mol. The van der Waals surface area contributed by atoms with E-state index in [2.05, 4.69) is 10.3 Å². The molecule has 21 heavy (non-hydrogen) atoms. The molecule has 5 nitrogen and oxygen atoms in total. The Kier molecular flexibility index (Phi) is 5.17. The van der Waals surface area contributed by atoms with Gasteiger partial charge in [0.25, 0.3) is 0 Å². The molecule has 1 aromatic carbocycles. The number of hydrogen-bond donors (Lipinski definition) is 2. The number of nitrogens with zero attached hydrogens (tertiary/aromatic N) is 2. The summed E-state index contributed by atoms with van der Waals surface area (Å²) in [7, 11) is 1.87. The smallest absolute Gasteiger partial charge is 0.238 e. The SMILES string of the molecule is Cc1nc(CN(C)CC(=O)Nc2ccc(N)cc2Cl)cs1. The van der Waals surface area contributed by atoms with Crippen molar-refractivity contribution in [2.45, 2.75) is 13.5 Å². The molecular formula is C14H17ClN4OS. The van der Waals surface area contributed by atoms with Crippen LogP contribution in [0, 0.1) is 6.92 Å². The normalized spacial score (nSPS) is 10.9. The van der Waals surface area contributed by atoms with E-state index in [4.69, 9.17) is 17.3 Å². The summed E-state index contributed by atoms with van der Waals surface area (Å²) in [6.45, 7) is 2.86. The zero-order valence-electron chi connectivity index (χ0n) is 11.9. The van der Waals surface area contributed by atoms with Crippen molar-refractivity contribution in [2.24, 2.45) is 0 Å². The Bertz CT molecular complexity index is 644. The summed E-state index contributed by atoms with van der Waals surface area (Å²) in [4.78, 5) is 18.3. The van der Waals surface area contributed by atoms with E-state index < -0.39 is 0 Å². The second-order valence-corrected chi connectivity index (χ2v) is 6.29. The number of aryl methyl sites for hydroxylation is 1. The molecular weight excluding hydrogens is 308 g/mol. The van der Waals surface area contributed by atoms with E-state index in [1.165, 1.54) is 0 Å². The van der Waals surface area contributed by atoms with Gasteiger partial charge in [-0.1, -0.05) is 11.6 Å². The molecule has 0 bridgehead atoms. The molecule has 0 fully saturated rings. The van der Waals surface area contributed by atoms with Gasteiger partial charge in [-0.3, -0.25) is 9.69 Å². The number of hydrogen-bond acceptors (Lipinski definition) is 5. The minimum atomic E-state index is -0.129. The van der Waals surface area contributed by atoms with Gasteiger partial charge in [-0.05, 0) is 32.2 Å². The second-order valence-electron chi connectivity index (χ2n) is 4.82. The highest BCUT2D eigenvalue weighted by Crippen LogP contribution is 2.23. The van der Waals surface area contributed by atoms with Gasteiger partial charge >= 0.3 is 0 Å². The average molecular weight is 325 g/mol. The van der Waals surface area contributed by atoms with E-state index in [0.29, 0.717) is 22.9 Å². The molecule has 112 valence electrons. The first-order valence-electron chi connectivity index (χ1n) is 6.38. The number of carbonyl (C=O) groups excluding carboxylic acids is 1. The number of carbonyl (C=O) groups is 1. The van der Waals surface area contributed by atoms with E-state index in [1.54, 1.807) is 29.5 Å². The van der Waals surface area contributed by atoms with Crippen LogP contribution in [0.25, 0.3) is 0 Å². The molecule has 3 N–H and O–H groups in total. The first-order valence-corrected chi connectivity index (χ1v) is 7.64. The molecule has 0 radical (unpaired) electrons. The zero-order chi connectivity index (χ0) is 15.4. The zero-order valence-corrected chi connectivity index (χ0v) is 13.5. The molecule has 0 aliphatic heterocycles. The quantitative estimate of drug-likeness (QED) is 0.830. The van der Waals surface area contributed by atoms with Crippen LogP contribution in [0.2, 0.25) is 5.02 Å². The van der Waals surface area contributed by atoms with Gasteiger partial charge in [0.1, 0.15) is 0 Å². The molecule has 7 heteroatoms. The molecule has 1 heterocycles. The predicted octanol–water partition coefficient (Wildman–Crippen LogP) is 2.76. The largest absolute Gasteiger partial charge is 0.399 e. The maximum Gasteiger partial charge on any atom is 0.238 e. The molecule has 1 aromatic heterocycles. The van der Waals surface area contributed by atoms with Crippen LogP contribution >= 0.6 is 22.9 Å². The highest BCUT2D eigenvalue weighted by Gasteiger charge is 2.10. The lowest BCUT2D eigenvalue weighted by Gasteiger charge is -2.15. The van der Waals surface area contributed by atoms with Gasteiger partial charge in [0.05, 0.1) is 28.0 Å². The third-order valence-electron chi connectivity index (χ3n) is 2.78. The first kappa shape index (κ1) is 15.8. The Morgan fingerprint density at radius 2 is 2.29 bits per heavy atom. The minimum Gasteiger partial charge on any atom is -0.399 e. The van der Waals surface area contributed by atoms with E-state index in [1.807, 2.05) is 24.3 Å². The molecule has 0 aliphatic carbocycles. The van der Waals surface area contributed by atoms with Crippen molar-refractivity contribution in [2.75, 3.05) is 24.6 Å². The van der Waals surface area contributed by atoms with Crippen LogP contribution in [0.1, 0.15) is 10.7 Å². The fourth-order valence-electron chi connectivity index (χ4n) is 1.88. The Balaban J connectivity index is 1.89. The van der Waals surface area contributed by atoms with Crippen molar-refractivity contribution in [1.29, 1.82) is 0 Å². The van der Waals surface area contributed by atoms with Gasteiger partial charge in [0.15, 0.2) is 0 Å². The summed E-state index contributed by atoms with van der Waals surface area (Å²) in [6, 6.07) is 5.00. The lowest BCUT2D eigenvalue weighted by atomic mass is 10.3. The molecule has 0 atom stereocenters. The van der Waals surface area contributed by atoms with Crippen LogP contribution in [0.4, 0.5) is 11.4 Å². The molecule has 0 saturated carbocycles. The van der Waals surface area contributed by atoms with Crippen LogP contribution in [0.5, 0.6) is 0 Å². The maximum absolute atomic E-state index is 12.0. The lowest BCUT2D eigenvalue weighted by Crippen LogP contribution is -2.30. The van der Waals surface area contributed by atoms with Gasteiger partial charge in [0.2, 0.25) is 5.91 Å². The van der Waals surface area contributed by atoms with Crippen molar-refractivity contribution in [3.63, 3.8) is 0 Å². The first-order chi connectivity index (χ1) is 9.94. The Morgan fingerprint density at radius 1 is 1.52 bits per heavy atom. The number of thiazole rings is 1. The molecule has 0 saturated heterocycles. The van der Waals surface area contributed by atoms with E-state index in [-0.39, 0.29) is 12.5 Å². The van der Waals surface area contributed by atoms with Crippen molar-refractivity contribution in [3.05, 3.63) is 39.3 Å². The summed E-state index contributed by atoms with van der Waals surface area (Å²) in [5.41, 5.74) is 7.71. The fraction of sp³-hybridized carbons (Fsp3) is 0.286. The lowest BCUT2D eigenvalue weighted by molar-refractivity contribution is -0.117. The van der Waals surface area contributed by atoms with Crippen LogP contribution in [-0.2, 0) is 11.3 Å². The van der Waals surface area contributed by atoms with Crippen molar-refractivity contribution in [3.8, 4) is 0 Å². The van der Waals surface area contributed by atoms with Crippen LogP contribution in [-0.4, -0.2) is 29.4 Å². The fourth-order valence-corrected chi connectivity index (χ4v) is 2.72. The highest BCUT2D eigenvalue weighted by molar-refractivity contribution is 7.09. The number of aromatic nitrogens is 1. The Morgan fingerprint density at radius 3 is 2.90 bits per heavy atom. The van der Waals surface area contributed by atoms with Gasteiger partial charge in [0, 0.05) is 17.6 Å². The van der Waals surface area contributed by atoms with Crippen LogP contribution in [0.3, 0.4) is 0 Å². The van der Waals surface area contributed by atoms with Gasteiger partial charge in [-0.2, -0.15) is 0 Å².